The molecule has 2 atom stereocenters. The number of hydrogen-bond donors (Lipinski definition) is 2. The lowest BCUT2D eigenvalue weighted by Gasteiger charge is -2.35. The molecule has 0 bridgehead atoms. The average molecular weight is 457 g/mol. The maximum absolute atomic E-state index is 14.5. The number of ether oxygens (including phenoxy) is 1. The molecule has 0 aliphatic carbocycles. The molecule has 1 aromatic heterocycles. The zero-order chi connectivity index (χ0) is 20.5. The highest BCUT2D eigenvalue weighted by Gasteiger charge is 2.47. The van der Waals surface area contributed by atoms with Crippen molar-refractivity contribution in [3.8, 4) is 0 Å². The van der Waals surface area contributed by atoms with E-state index in [9.17, 15) is 18.0 Å². The van der Waals surface area contributed by atoms with Crippen molar-refractivity contribution in [2.75, 3.05) is 11.9 Å². The Kier molecular flexibility index (Phi) is 5.71. The Morgan fingerprint density at radius 2 is 2.14 bits per heavy atom. The van der Waals surface area contributed by atoms with Gasteiger partial charge in [0.2, 0.25) is 0 Å². The number of alkyl halides is 2. The summed E-state index contributed by atoms with van der Waals surface area (Å²) in [6.45, 7) is 1.02. The van der Waals surface area contributed by atoms with Gasteiger partial charge in [-0.1, -0.05) is 0 Å². The van der Waals surface area contributed by atoms with E-state index >= 15 is 0 Å². The van der Waals surface area contributed by atoms with Crippen molar-refractivity contribution in [3.05, 3.63) is 58.1 Å². The van der Waals surface area contributed by atoms with Gasteiger partial charge in [-0.2, -0.15) is 0 Å². The number of benzene rings is 1. The van der Waals surface area contributed by atoms with Gasteiger partial charge in [0.1, 0.15) is 23.5 Å². The number of halogens is 4. The number of pyridine rings is 1. The highest BCUT2D eigenvalue weighted by Crippen LogP contribution is 2.38. The van der Waals surface area contributed by atoms with Gasteiger partial charge in [-0.25, -0.2) is 18.2 Å². The van der Waals surface area contributed by atoms with Crippen molar-refractivity contribution in [1.29, 1.82) is 0 Å². The lowest BCUT2D eigenvalue weighted by molar-refractivity contribution is -0.0340. The van der Waals surface area contributed by atoms with Crippen LogP contribution in [0.4, 0.5) is 18.9 Å². The van der Waals surface area contributed by atoms with Crippen LogP contribution in [0, 0.1) is 5.82 Å². The molecule has 3 rings (SSSR count). The number of aliphatic imine (C=N–C) groups is 1. The van der Waals surface area contributed by atoms with Crippen LogP contribution < -0.4 is 11.1 Å². The van der Waals surface area contributed by atoms with Crippen LogP contribution in [0.3, 0.4) is 0 Å². The van der Waals surface area contributed by atoms with Crippen molar-refractivity contribution >= 4 is 33.4 Å². The summed E-state index contributed by atoms with van der Waals surface area (Å²) in [6.07, 6.45) is -2.29. The number of anilines is 1. The molecule has 2 heterocycles. The van der Waals surface area contributed by atoms with Gasteiger partial charge in [0, 0.05) is 21.9 Å². The Hall–Kier alpha value is -2.46. The molecule has 2 aromatic rings. The molecule has 6 nitrogen and oxygen atoms in total. The zero-order valence-electron chi connectivity index (χ0n) is 14.6. The van der Waals surface area contributed by atoms with Crippen LogP contribution in [0.1, 0.15) is 23.0 Å². The van der Waals surface area contributed by atoms with Gasteiger partial charge < -0.3 is 15.8 Å². The number of aromatic nitrogens is 1. The van der Waals surface area contributed by atoms with Gasteiger partial charge in [0.05, 0.1) is 6.61 Å². The molecule has 1 aliphatic heterocycles. The molecule has 0 radical (unpaired) electrons. The highest BCUT2D eigenvalue weighted by molar-refractivity contribution is 9.10. The number of amidine groups is 1. The van der Waals surface area contributed by atoms with Gasteiger partial charge in [0.25, 0.3) is 12.3 Å². The second-order valence-electron chi connectivity index (χ2n) is 6.23. The van der Waals surface area contributed by atoms with Gasteiger partial charge in [0.15, 0.2) is 5.54 Å². The molecular formula is C18H16BrF3N4O2. The number of carbonyl (C=O) groups is 1. The lowest BCUT2D eigenvalue weighted by atomic mass is 9.89. The number of nitrogens with two attached hydrogens (primary N) is 1. The van der Waals surface area contributed by atoms with E-state index in [0.29, 0.717) is 4.47 Å². The van der Waals surface area contributed by atoms with E-state index in [0.717, 1.165) is 12.1 Å². The Morgan fingerprint density at radius 1 is 1.39 bits per heavy atom. The smallest absolute Gasteiger partial charge is 0.274 e. The van der Waals surface area contributed by atoms with E-state index in [1.165, 1.54) is 18.3 Å². The molecule has 0 saturated carbocycles. The van der Waals surface area contributed by atoms with Gasteiger partial charge in [-0.15, -0.1) is 0 Å². The molecule has 148 valence electrons. The van der Waals surface area contributed by atoms with Crippen molar-refractivity contribution in [1.82, 2.24) is 4.98 Å². The highest BCUT2D eigenvalue weighted by atomic mass is 79.9. The number of nitrogens with zero attached hydrogens (tertiary/aromatic N) is 2. The fourth-order valence-corrected chi connectivity index (χ4v) is 2.93. The lowest BCUT2D eigenvalue weighted by Crippen LogP contribution is -2.48. The van der Waals surface area contributed by atoms with Crippen molar-refractivity contribution in [2.24, 2.45) is 10.7 Å². The molecule has 0 spiro atoms. The van der Waals surface area contributed by atoms with Gasteiger partial charge in [-0.05, 0) is 53.2 Å². The third-order valence-corrected chi connectivity index (χ3v) is 4.78. The number of hydrogen-bond acceptors (Lipinski definition) is 5. The summed E-state index contributed by atoms with van der Waals surface area (Å²) in [5.74, 6) is -1.64. The summed E-state index contributed by atoms with van der Waals surface area (Å²) in [5, 5.41) is 2.51. The molecule has 10 heteroatoms. The molecule has 0 unspecified atom stereocenters. The Bertz CT molecular complexity index is 924. The maximum Gasteiger partial charge on any atom is 0.274 e. The maximum atomic E-state index is 14.5. The van der Waals surface area contributed by atoms with E-state index in [1.54, 1.807) is 13.0 Å². The second-order valence-corrected chi connectivity index (χ2v) is 7.14. The molecule has 1 aliphatic rings. The third kappa shape index (κ3) is 3.88. The first-order chi connectivity index (χ1) is 13.2. The van der Waals surface area contributed by atoms with E-state index in [-0.39, 0.29) is 17.2 Å². The molecule has 3 N–H and O–H groups in total. The first-order valence-electron chi connectivity index (χ1n) is 8.21. The minimum absolute atomic E-state index is 0.106. The summed E-state index contributed by atoms with van der Waals surface area (Å²) < 4.78 is 48.3. The molecule has 1 aromatic carbocycles. The van der Waals surface area contributed by atoms with Crippen LogP contribution >= 0.6 is 15.9 Å². The third-order valence-electron chi connectivity index (χ3n) is 4.31. The topological polar surface area (TPSA) is 89.6 Å². The minimum atomic E-state index is -3.08. The first-order valence-corrected chi connectivity index (χ1v) is 9.00. The van der Waals surface area contributed by atoms with Crippen LogP contribution in [0.2, 0.25) is 0 Å². The van der Waals surface area contributed by atoms with Crippen LogP contribution in [0.15, 0.2) is 46.0 Å². The van der Waals surface area contributed by atoms with E-state index in [2.05, 4.69) is 31.2 Å². The van der Waals surface area contributed by atoms with E-state index < -0.39 is 42.0 Å². The molecule has 0 saturated heterocycles. The first kappa shape index (κ1) is 20.3. The number of carbonyl (C=O) groups excluding carboxylic acids is 1. The molecule has 28 heavy (non-hydrogen) atoms. The van der Waals surface area contributed by atoms with E-state index in [4.69, 9.17) is 10.5 Å². The standard InChI is InChI=1S/C18H16BrF3N4O2/c1-9-15(23)26-18(8-28-9,17(21)22)12-6-11(3-4-13(12)20)25-16(27)14-5-2-10(19)7-24-14/h2-7,9,17H,8H2,1H3,(H2,23,26)(H,25,27)/t9-,18-/m0/s1. The van der Waals surface area contributed by atoms with Crippen molar-refractivity contribution in [2.45, 2.75) is 25.0 Å². The van der Waals surface area contributed by atoms with Crippen molar-refractivity contribution in [3.63, 3.8) is 0 Å². The predicted octanol–water partition coefficient (Wildman–Crippen LogP) is 3.47. The Labute approximate surface area is 167 Å². The summed E-state index contributed by atoms with van der Waals surface area (Å²) in [5.41, 5.74) is 3.18. The molecule has 0 fully saturated rings. The second kappa shape index (κ2) is 7.88. The quantitative estimate of drug-likeness (QED) is 0.736. The van der Waals surface area contributed by atoms with Gasteiger partial charge >= 0.3 is 0 Å². The fraction of sp³-hybridized carbons (Fsp3) is 0.278. The monoisotopic (exact) mass is 456 g/mol. The Morgan fingerprint density at radius 3 is 2.75 bits per heavy atom. The number of nitrogens with one attached hydrogen (secondary N) is 1. The predicted molar refractivity (Wildman–Crippen MR) is 101 cm³/mol. The van der Waals surface area contributed by atoms with Crippen LogP contribution in [-0.4, -0.2) is 35.9 Å². The summed E-state index contributed by atoms with van der Waals surface area (Å²) in [7, 11) is 0. The molecular weight excluding hydrogens is 441 g/mol. The average Bonchev–Trinajstić information content (AvgIpc) is 2.66. The number of rotatable bonds is 4. The van der Waals surface area contributed by atoms with Crippen LogP contribution in [0.25, 0.3) is 0 Å². The normalized spacial score (nSPS) is 22.1. The van der Waals surface area contributed by atoms with Crippen LogP contribution in [-0.2, 0) is 10.3 Å². The summed E-state index contributed by atoms with van der Waals surface area (Å²) >= 11 is 3.21. The largest absolute Gasteiger partial charge is 0.385 e. The summed E-state index contributed by atoms with van der Waals surface area (Å²) in [4.78, 5) is 20.1. The Balaban J connectivity index is 1.96. The van der Waals surface area contributed by atoms with Gasteiger partial charge in [-0.3, -0.25) is 9.79 Å². The number of amides is 1. The SMILES string of the molecule is C[C@@H]1OC[C@](c2cc(NC(=O)c3ccc(Br)cn3)ccc2F)(C(F)F)N=C1N. The zero-order valence-corrected chi connectivity index (χ0v) is 16.2. The fourth-order valence-electron chi connectivity index (χ4n) is 2.70. The van der Waals surface area contributed by atoms with Crippen molar-refractivity contribution < 1.29 is 22.7 Å². The minimum Gasteiger partial charge on any atom is -0.385 e. The van der Waals surface area contributed by atoms with E-state index in [1.807, 2.05) is 0 Å². The molecule has 1 amide bonds. The summed E-state index contributed by atoms with van der Waals surface area (Å²) in [6, 6.07) is 6.45. The van der Waals surface area contributed by atoms with Crippen LogP contribution in [0.5, 0.6) is 0 Å².